The van der Waals surface area contributed by atoms with Gasteiger partial charge in [-0.1, -0.05) is 71.8 Å². The maximum absolute atomic E-state index is 13.7. The van der Waals surface area contributed by atoms with Crippen LogP contribution in [0.4, 0.5) is 4.39 Å². The molecule has 0 amide bonds. The summed E-state index contributed by atoms with van der Waals surface area (Å²) in [6, 6.07) is 18.5. The summed E-state index contributed by atoms with van der Waals surface area (Å²) in [4.78, 5) is 15.6. The molecule has 8 heteroatoms. The number of thioether (sulfide) groups is 1. The third-order valence-corrected chi connectivity index (χ3v) is 7.88. The number of rotatable bonds is 6. The molecule has 180 valence electrons. The number of aliphatic carboxylic acids is 1. The van der Waals surface area contributed by atoms with Crippen molar-refractivity contribution < 1.29 is 43.8 Å². The number of benzene rings is 3. The largest absolute Gasteiger partial charge is 1.00 e. The van der Waals surface area contributed by atoms with Gasteiger partial charge in [-0.25, -0.2) is 9.37 Å². The predicted octanol–water partition coefficient (Wildman–Crippen LogP) is 4.30. The van der Waals surface area contributed by atoms with Crippen molar-refractivity contribution in [3.8, 4) is 0 Å². The van der Waals surface area contributed by atoms with E-state index in [4.69, 9.17) is 23.2 Å². The Morgan fingerprint density at radius 2 is 1.84 bits per heavy atom. The smallest absolute Gasteiger partial charge is 0.550 e. The summed E-state index contributed by atoms with van der Waals surface area (Å²) in [7, 11) is 0. The molecule has 0 bridgehead atoms. The monoisotopic (exact) mass is 557 g/mol. The van der Waals surface area contributed by atoms with Gasteiger partial charge in [-0.15, -0.1) is 11.8 Å². The summed E-state index contributed by atoms with van der Waals surface area (Å²) >= 11 is 14.0. The zero-order valence-corrected chi connectivity index (χ0v) is 24.2. The Balaban J connectivity index is 0.00000320. The summed E-state index contributed by atoms with van der Waals surface area (Å²) < 4.78 is 13.7. The van der Waals surface area contributed by atoms with Gasteiger partial charge in [-0.05, 0) is 76.4 Å². The first-order chi connectivity index (χ1) is 17.4. The summed E-state index contributed by atoms with van der Waals surface area (Å²) in [5.74, 6) is -1.12. The molecule has 1 heterocycles. The molecule has 3 nitrogen and oxygen atoms in total. The van der Waals surface area contributed by atoms with E-state index in [0.717, 1.165) is 33.5 Å². The van der Waals surface area contributed by atoms with Gasteiger partial charge < -0.3 is 9.90 Å². The van der Waals surface area contributed by atoms with Gasteiger partial charge in [0.25, 0.3) is 0 Å². The number of carbonyl (C=O) groups is 1. The number of pyridine rings is 1. The maximum atomic E-state index is 13.7. The Morgan fingerprint density at radius 1 is 1.00 bits per heavy atom. The van der Waals surface area contributed by atoms with Crippen molar-refractivity contribution in [2.75, 3.05) is 5.75 Å². The first-order valence-corrected chi connectivity index (χ1v) is 13.1. The zero-order chi connectivity index (χ0) is 25.2. The third-order valence-electron chi connectivity index (χ3n) is 5.98. The second kappa shape index (κ2) is 12.2. The molecule has 0 N–H and O–H groups in total. The fourth-order valence-electron chi connectivity index (χ4n) is 4.22. The van der Waals surface area contributed by atoms with Crippen molar-refractivity contribution in [1.82, 2.24) is 4.98 Å². The molecule has 3 aromatic carbocycles. The SMILES string of the molecule is O=C([O-])CCSC1c2cc(C=Cc3ccc4cc(F)c(Cl)cc4n3)ccc2C=Cc2c(Cl)cccc21.[Na+]. The van der Waals surface area contributed by atoms with Crippen molar-refractivity contribution in [2.24, 2.45) is 0 Å². The van der Waals surface area contributed by atoms with Gasteiger partial charge in [-0.3, -0.25) is 0 Å². The van der Waals surface area contributed by atoms with Crippen molar-refractivity contribution in [3.05, 3.63) is 110 Å². The van der Waals surface area contributed by atoms with E-state index in [0.29, 0.717) is 21.7 Å². The van der Waals surface area contributed by atoms with Crippen LogP contribution < -0.4 is 34.7 Å². The molecule has 5 rings (SSSR count). The van der Waals surface area contributed by atoms with Crippen LogP contribution in [0.25, 0.3) is 35.2 Å². The Kier molecular flexibility index (Phi) is 9.17. The Bertz CT molecular complexity index is 1560. The topological polar surface area (TPSA) is 53.0 Å². The second-order valence-corrected chi connectivity index (χ2v) is 10.4. The van der Waals surface area contributed by atoms with Crippen LogP contribution >= 0.6 is 35.0 Å². The number of nitrogens with zero attached hydrogens (tertiary/aromatic N) is 1. The number of carboxylic acids is 1. The standard InChI is InChI=1S/C29H20Cl2FNO2S.Na/c30-24-3-1-2-22-21(24)11-8-18-6-4-17(14-23(18)29(22)36-13-12-28(34)35)5-9-20-10-7-19-15-26(32)25(31)16-27(19)33-20;/h1-11,14-16,29H,12-13H2,(H,34,35);/q;+1/p-1. The number of hydrogen-bond donors (Lipinski definition) is 0. The molecule has 0 spiro atoms. The van der Waals surface area contributed by atoms with E-state index in [9.17, 15) is 14.3 Å². The van der Waals surface area contributed by atoms with Crippen molar-refractivity contribution in [2.45, 2.75) is 11.7 Å². The number of carboxylic acid groups (broad SMARTS) is 1. The van der Waals surface area contributed by atoms with Gasteiger partial charge in [0, 0.05) is 16.4 Å². The van der Waals surface area contributed by atoms with Crippen LogP contribution in [0.3, 0.4) is 0 Å². The van der Waals surface area contributed by atoms with Crippen LogP contribution in [-0.2, 0) is 4.79 Å². The minimum absolute atomic E-state index is 0. The molecular formula is C29H19Cl2FNNaO2S. The van der Waals surface area contributed by atoms with Gasteiger partial charge in [0.2, 0.25) is 0 Å². The van der Waals surface area contributed by atoms with E-state index in [2.05, 4.69) is 11.1 Å². The number of hydrogen-bond acceptors (Lipinski definition) is 4. The zero-order valence-electron chi connectivity index (χ0n) is 19.9. The van der Waals surface area contributed by atoms with Gasteiger partial charge in [0.05, 0.1) is 21.5 Å². The first kappa shape index (κ1) is 27.9. The molecule has 1 unspecified atom stereocenters. The second-order valence-electron chi connectivity index (χ2n) is 8.37. The normalized spacial score (nSPS) is 14.2. The quantitative estimate of drug-likeness (QED) is 0.332. The van der Waals surface area contributed by atoms with Crippen LogP contribution in [0.5, 0.6) is 0 Å². The van der Waals surface area contributed by atoms with Crippen molar-refractivity contribution >= 4 is 76.1 Å². The van der Waals surface area contributed by atoms with Crippen molar-refractivity contribution in [3.63, 3.8) is 0 Å². The Hall–Kier alpha value is -2.12. The summed E-state index contributed by atoms with van der Waals surface area (Å²) in [5.41, 5.74) is 6.41. The van der Waals surface area contributed by atoms with Gasteiger partial charge in [0.15, 0.2) is 0 Å². The van der Waals surface area contributed by atoms with Crippen LogP contribution in [0.15, 0.2) is 60.7 Å². The van der Waals surface area contributed by atoms with E-state index >= 15 is 0 Å². The molecule has 1 aliphatic rings. The van der Waals surface area contributed by atoms with Crippen LogP contribution in [0, 0.1) is 5.82 Å². The van der Waals surface area contributed by atoms with Crippen LogP contribution in [0.2, 0.25) is 10.0 Å². The average molecular weight is 558 g/mol. The van der Waals surface area contributed by atoms with E-state index in [1.807, 2.05) is 66.8 Å². The summed E-state index contributed by atoms with van der Waals surface area (Å²) in [5, 5.41) is 12.3. The Morgan fingerprint density at radius 3 is 2.65 bits per heavy atom. The van der Waals surface area contributed by atoms with Crippen LogP contribution in [0.1, 0.15) is 45.2 Å². The molecular weight excluding hydrogens is 539 g/mol. The minimum atomic E-state index is -1.07. The summed E-state index contributed by atoms with van der Waals surface area (Å²) in [6.45, 7) is 0. The van der Waals surface area contributed by atoms with E-state index in [-0.39, 0.29) is 46.3 Å². The number of halogens is 3. The molecule has 4 aromatic rings. The average Bonchev–Trinajstić information content (AvgIpc) is 3.01. The molecule has 37 heavy (non-hydrogen) atoms. The molecule has 1 atom stereocenters. The van der Waals surface area contributed by atoms with Crippen molar-refractivity contribution in [1.29, 1.82) is 0 Å². The molecule has 0 saturated carbocycles. The number of carbonyl (C=O) groups excluding carboxylic acids is 1. The molecule has 0 radical (unpaired) electrons. The van der Waals surface area contributed by atoms with E-state index in [1.165, 1.54) is 12.1 Å². The molecule has 0 saturated heterocycles. The fourth-order valence-corrected chi connectivity index (χ4v) is 5.91. The maximum Gasteiger partial charge on any atom is 1.00 e. The van der Waals surface area contributed by atoms with Crippen LogP contribution in [-0.4, -0.2) is 16.7 Å². The Labute approximate surface area is 250 Å². The number of fused-ring (bicyclic) bond motifs is 3. The summed E-state index contributed by atoms with van der Waals surface area (Å²) in [6.07, 6.45) is 7.89. The van der Waals surface area contributed by atoms with Gasteiger partial charge in [-0.2, -0.15) is 0 Å². The van der Waals surface area contributed by atoms with Gasteiger partial charge >= 0.3 is 29.6 Å². The molecule has 0 fully saturated rings. The van der Waals surface area contributed by atoms with E-state index in [1.54, 1.807) is 11.8 Å². The molecule has 0 aliphatic heterocycles. The van der Waals surface area contributed by atoms with E-state index < -0.39 is 11.8 Å². The molecule has 1 aromatic heterocycles. The minimum Gasteiger partial charge on any atom is -0.550 e. The third kappa shape index (κ3) is 6.31. The predicted molar refractivity (Wildman–Crippen MR) is 146 cm³/mol. The first-order valence-electron chi connectivity index (χ1n) is 11.2. The fraction of sp³-hybridized carbons (Fsp3) is 0.103. The number of aromatic nitrogens is 1. The van der Waals surface area contributed by atoms with Gasteiger partial charge in [0.1, 0.15) is 5.82 Å². The molecule has 1 aliphatic carbocycles.